The quantitative estimate of drug-likeness (QED) is 0.655. The Morgan fingerprint density at radius 2 is 1.97 bits per heavy atom. The minimum atomic E-state index is -0.129. The molecule has 1 saturated carbocycles. The topological polar surface area (TPSA) is 102 Å². The zero-order valence-corrected chi connectivity index (χ0v) is 17.7. The lowest BCUT2D eigenvalue weighted by atomic mass is 10.1. The Morgan fingerprint density at radius 3 is 2.78 bits per heavy atom. The second kappa shape index (κ2) is 8.03. The van der Waals surface area contributed by atoms with Crippen LogP contribution < -0.4 is 10.2 Å². The maximum Gasteiger partial charge on any atom is 0.322 e. The zero-order valence-electron chi connectivity index (χ0n) is 17.7. The number of hydrogen-bond donors (Lipinski definition) is 1. The van der Waals surface area contributed by atoms with E-state index in [1.807, 2.05) is 28.8 Å². The molecule has 2 aromatic heterocycles. The number of nitrogens with zero attached hydrogens (tertiary/aromatic N) is 6. The summed E-state index contributed by atoms with van der Waals surface area (Å²) < 4.78 is 12.8. The fourth-order valence-corrected chi connectivity index (χ4v) is 4.30. The average Bonchev–Trinajstić information content (AvgIpc) is 3.40. The van der Waals surface area contributed by atoms with Crippen molar-refractivity contribution in [3.8, 4) is 17.2 Å². The second-order valence-electron chi connectivity index (χ2n) is 8.40. The minimum absolute atomic E-state index is 0.129. The number of hydrogen-bond acceptors (Lipinski definition) is 7. The predicted octanol–water partition coefficient (Wildman–Crippen LogP) is 2.16. The molecule has 0 unspecified atom stereocenters. The molecule has 6 rings (SSSR count). The number of para-hydroxylation sites is 2. The van der Waals surface area contributed by atoms with E-state index in [0.717, 1.165) is 62.8 Å². The predicted molar refractivity (Wildman–Crippen MR) is 116 cm³/mol. The van der Waals surface area contributed by atoms with Gasteiger partial charge in [0, 0.05) is 32.1 Å². The zero-order chi connectivity index (χ0) is 21.5. The molecule has 0 radical (unpaired) electrons. The van der Waals surface area contributed by atoms with E-state index < -0.39 is 0 Å². The summed E-state index contributed by atoms with van der Waals surface area (Å²) in [6, 6.07) is 7.72. The number of fused-ring (bicyclic) bond motifs is 3. The first-order valence-electron chi connectivity index (χ1n) is 11.1. The van der Waals surface area contributed by atoms with Gasteiger partial charge in [0.2, 0.25) is 11.7 Å². The smallest absolute Gasteiger partial charge is 0.322 e. The Bertz CT molecular complexity index is 1130. The van der Waals surface area contributed by atoms with Crippen molar-refractivity contribution < 1.29 is 14.1 Å². The minimum Gasteiger partial charge on any atom is -0.379 e. The SMILES string of the molecule is O=C(NCCN1CCOCC1)N1Cc2c(-c3noc(C4CC4)n3)ncn2-c2ccccc21. The van der Waals surface area contributed by atoms with E-state index in [4.69, 9.17) is 9.26 Å². The van der Waals surface area contributed by atoms with Gasteiger partial charge in [0.25, 0.3) is 0 Å². The summed E-state index contributed by atoms with van der Waals surface area (Å²) in [5.74, 6) is 1.53. The summed E-state index contributed by atoms with van der Waals surface area (Å²) in [7, 11) is 0. The van der Waals surface area contributed by atoms with Crippen LogP contribution >= 0.6 is 0 Å². The van der Waals surface area contributed by atoms with Crippen LogP contribution in [0.15, 0.2) is 35.1 Å². The second-order valence-corrected chi connectivity index (χ2v) is 8.40. The first kappa shape index (κ1) is 19.4. The van der Waals surface area contributed by atoms with Crippen molar-refractivity contribution in [2.45, 2.75) is 25.3 Å². The van der Waals surface area contributed by atoms with Crippen LogP contribution in [0, 0.1) is 0 Å². The number of carbonyl (C=O) groups is 1. The van der Waals surface area contributed by atoms with Crippen LogP contribution in [-0.4, -0.2) is 70.0 Å². The van der Waals surface area contributed by atoms with Gasteiger partial charge >= 0.3 is 6.03 Å². The molecule has 32 heavy (non-hydrogen) atoms. The highest BCUT2D eigenvalue weighted by molar-refractivity contribution is 5.95. The standard InChI is InChI=1S/C22H25N7O3/c30-22(23-7-8-27-9-11-31-12-10-27)28-13-18-19(20-25-21(32-26-20)15-5-6-15)24-14-29(18)17-4-2-1-3-16(17)28/h1-4,14-15H,5-13H2,(H,23,30). The Hall–Kier alpha value is -3.24. The molecule has 2 amide bonds. The summed E-state index contributed by atoms with van der Waals surface area (Å²) in [5.41, 5.74) is 3.28. The summed E-state index contributed by atoms with van der Waals surface area (Å²) in [6.45, 7) is 5.07. The Kier molecular flexibility index (Phi) is 4.88. The highest BCUT2D eigenvalue weighted by Crippen LogP contribution is 2.40. The number of aromatic nitrogens is 4. The van der Waals surface area contributed by atoms with Gasteiger partial charge < -0.3 is 14.6 Å². The average molecular weight is 435 g/mol. The van der Waals surface area contributed by atoms with Gasteiger partial charge in [-0.25, -0.2) is 9.78 Å². The normalized spacial score (nSPS) is 18.3. The molecular formula is C22H25N7O3. The van der Waals surface area contributed by atoms with E-state index in [2.05, 4.69) is 25.3 Å². The summed E-state index contributed by atoms with van der Waals surface area (Å²) in [5, 5.41) is 7.23. The van der Waals surface area contributed by atoms with Crippen LogP contribution in [0.1, 0.15) is 30.3 Å². The number of rotatable bonds is 5. The molecule has 2 fully saturated rings. The Morgan fingerprint density at radius 1 is 1.16 bits per heavy atom. The van der Waals surface area contributed by atoms with E-state index >= 15 is 0 Å². The number of amides is 2. The van der Waals surface area contributed by atoms with Crippen LogP contribution in [0.5, 0.6) is 0 Å². The van der Waals surface area contributed by atoms with Crippen molar-refractivity contribution in [1.82, 2.24) is 29.9 Å². The van der Waals surface area contributed by atoms with Gasteiger partial charge in [0.15, 0.2) is 0 Å². The molecule has 1 aromatic carbocycles. The molecule has 2 aliphatic heterocycles. The van der Waals surface area contributed by atoms with E-state index in [0.29, 0.717) is 36.4 Å². The first-order valence-corrected chi connectivity index (χ1v) is 11.1. The third-order valence-corrected chi connectivity index (χ3v) is 6.24. The molecule has 1 saturated heterocycles. The number of urea groups is 1. The number of morpholine rings is 1. The molecule has 0 spiro atoms. The maximum atomic E-state index is 13.2. The third kappa shape index (κ3) is 3.55. The lowest BCUT2D eigenvalue weighted by molar-refractivity contribution is 0.0387. The van der Waals surface area contributed by atoms with Gasteiger partial charge in [-0.3, -0.25) is 14.4 Å². The number of benzene rings is 1. The van der Waals surface area contributed by atoms with Crippen LogP contribution in [0.2, 0.25) is 0 Å². The van der Waals surface area contributed by atoms with Gasteiger partial charge in [-0.05, 0) is 25.0 Å². The summed E-state index contributed by atoms with van der Waals surface area (Å²) >= 11 is 0. The highest BCUT2D eigenvalue weighted by Gasteiger charge is 2.33. The van der Waals surface area contributed by atoms with Crippen LogP contribution in [0.3, 0.4) is 0 Å². The molecular weight excluding hydrogens is 410 g/mol. The van der Waals surface area contributed by atoms with E-state index in [-0.39, 0.29) is 6.03 Å². The number of carbonyl (C=O) groups excluding carboxylic acids is 1. The van der Waals surface area contributed by atoms with Gasteiger partial charge in [-0.1, -0.05) is 17.3 Å². The monoisotopic (exact) mass is 435 g/mol. The van der Waals surface area contributed by atoms with Crippen molar-refractivity contribution in [3.63, 3.8) is 0 Å². The third-order valence-electron chi connectivity index (χ3n) is 6.24. The number of imidazole rings is 1. The summed E-state index contributed by atoms with van der Waals surface area (Å²) in [4.78, 5) is 26.4. The van der Waals surface area contributed by atoms with Crippen LogP contribution in [0.25, 0.3) is 17.2 Å². The van der Waals surface area contributed by atoms with Crippen molar-refractivity contribution >= 4 is 11.7 Å². The molecule has 10 nitrogen and oxygen atoms in total. The Balaban J connectivity index is 1.24. The molecule has 166 valence electrons. The van der Waals surface area contributed by atoms with E-state index in [1.54, 1.807) is 11.2 Å². The summed E-state index contributed by atoms with van der Waals surface area (Å²) in [6.07, 6.45) is 3.95. The fourth-order valence-electron chi connectivity index (χ4n) is 4.30. The first-order chi connectivity index (χ1) is 15.8. The Labute approximate surface area is 185 Å². The lowest BCUT2D eigenvalue weighted by Crippen LogP contribution is -2.46. The number of nitrogens with one attached hydrogen (secondary N) is 1. The lowest BCUT2D eigenvalue weighted by Gasteiger charge is -2.31. The largest absolute Gasteiger partial charge is 0.379 e. The maximum absolute atomic E-state index is 13.2. The molecule has 0 atom stereocenters. The van der Waals surface area contributed by atoms with E-state index in [9.17, 15) is 4.79 Å². The molecule has 3 aromatic rings. The van der Waals surface area contributed by atoms with Crippen molar-refractivity contribution in [2.75, 3.05) is 44.3 Å². The van der Waals surface area contributed by atoms with Crippen molar-refractivity contribution in [1.29, 1.82) is 0 Å². The molecule has 0 bridgehead atoms. The fraction of sp³-hybridized carbons (Fsp3) is 0.455. The van der Waals surface area contributed by atoms with Crippen LogP contribution in [-0.2, 0) is 11.3 Å². The number of ether oxygens (including phenoxy) is 1. The molecule has 1 aliphatic carbocycles. The van der Waals surface area contributed by atoms with Crippen molar-refractivity contribution in [3.05, 3.63) is 42.2 Å². The van der Waals surface area contributed by atoms with Gasteiger partial charge in [0.05, 0.1) is 36.8 Å². The molecule has 4 heterocycles. The highest BCUT2D eigenvalue weighted by atomic mass is 16.5. The number of anilines is 1. The molecule has 3 aliphatic rings. The van der Waals surface area contributed by atoms with Gasteiger partial charge in [-0.2, -0.15) is 4.98 Å². The van der Waals surface area contributed by atoms with Gasteiger partial charge in [0.1, 0.15) is 12.0 Å². The van der Waals surface area contributed by atoms with Gasteiger partial charge in [-0.15, -0.1) is 0 Å². The van der Waals surface area contributed by atoms with E-state index in [1.165, 1.54) is 0 Å². The van der Waals surface area contributed by atoms with Crippen LogP contribution in [0.4, 0.5) is 10.5 Å². The molecule has 1 N–H and O–H groups in total. The van der Waals surface area contributed by atoms with Crippen molar-refractivity contribution in [2.24, 2.45) is 0 Å². The molecule has 10 heteroatoms.